The summed E-state index contributed by atoms with van der Waals surface area (Å²) in [6.07, 6.45) is 1.87. The Morgan fingerprint density at radius 2 is 1.79 bits per heavy atom. The maximum Gasteiger partial charge on any atom is 0.155 e. The number of aryl methyl sites for hydroxylation is 4. The van der Waals surface area contributed by atoms with Crippen LogP contribution in [0, 0.1) is 13.8 Å². The zero-order chi connectivity index (χ0) is 13.2. The van der Waals surface area contributed by atoms with Crippen LogP contribution in [-0.4, -0.2) is 14.6 Å². The van der Waals surface area contributed by atoms with Crippen LogP contribution in [0.5, 0.6) is 0 Å². The standard InChI is InChI=1S/C16H17N3/c1-12-6-3-4-8-14(12)10-11-15-17-16-9-5-7-13(2)19(16)18-15/h3-9H,10-11H2,1-2H3. The number of pyridine rings is 1. The first kappa shape index (κ1) is 11.9. The molecule has 0 N–H and O–H groups in total. The Balaban J connectivity index is 1.83. The lowest BCUT2D eigenvalue weighted by Crippen LogP contribution is -1.97. The molecule has 0 amide bonds. The number of aromatic nitrogens is 3. The molecule has 3 nitrogen and oxygen atoms in total. The summed E-state index contributed by atoms with van der Waals surface area (Å²) in [4.78, 5) is 4.57. The van der Waals surface area contributed by atoms with E-state index in [1.54, 1.807) is 0 Å². The minimum atomic E-state index is 0.881. The van der Waals surface area contributed by atoms with Crippen molar-refractivity contribution in [2.45, 2.75) is 26.7 Å². The molecule has 0 radical (unpaired) electrons. The number of hydrogen-bond donors (Lipinski definition) is 0. The van der Waals surface area contributed by atoms with Gasteiger partial charge >= 0.3 is 0 Å². The molecule has 0 fully saturated rings. The fraction of sp³-hybridized carbons (Fsp3) is 0.250. The van der Waals surface area contributed by atoms with Gasteiger partial charge in [0.25, 0.3) is 0 Å². The van der Waals surface area contributed by atoms with Crippen LogP contribution in [0.25, 0.3) is 5.65 Å². The summed E-state index contributed by atoms with van der Waals surface area (Å²) < 4.78 is 1.91. The Kier molecular flexibility index (Phi) is 3.03. The Morgan fingerprint density at radius 1 is 0.947 bits per heavy atom. The lowest BCUT2D eigenvalue weighted by atomic mass is 10.0. The van der Waals surface area contributed by atoms with Gasteiger partial charge in [-0.25, -0.2) is 9.50 Å². The molecule has 0 bridgehead atoms. The second-order valence-corrected chi connectivity index (χ2v) is 4.89. The Morgan fingerprint density at radius 3 is 2.58 bits per heavy atom. The first-order chi connectivity index (χ1) is 9.24. The van der Waals surface area contributed by atoms with Gasteiger partial charge in [-0.05, 0) is 43.5 Å². The molecule has 3 aromatic rings. The van der Waals surface area contributed by atoms with Gasteiger partial charge in [0.2, 0.25) is 0 Å². The number of hydrogen-bond acceptors (Lipinski definition) is 2. The van der Waals surface area contributed by atoms with E-state index in [4.69, 9.17) is 0 Å². The highest BCUT2D eigenvalue weighted by atomic mass is 15.3. The summed E-state index contributed by atoms with van der Waals surface area (Å²) >= 11 is 0. The molecular weight excluding hydrogens is 234 g/mol. The van der Waals surface area contributed by atoms with E-state index in [-0.39, 0.29) is 0 Å². The fourth-order valence-corrected chi connectivity index (χ4v) is 2.32. The van der Waals surface area contributed by atoms with Crippen LogP contribution in [0.4, 0.5) is 0 Å². The number of rotatable bonds is 3. The fourth-order valence-electron chi connectivity index (χ4n) is 2.32. The minimum absolute atomic E-state index is 0.881. The van der Waals surface area contributed by atoms with E-state index in [1.807, 2.05) is 29.6 Å². The molecule has 2 heterocycles. The maximum absolute atomic E-state index is 4.57. The van der Waals surface area contributed by atoms with Crippen LogP contribution in [0.3, 0.4) is 0 Å². The summed E-state index contributed by atoms with van der Waals surface area (Å²) in [6, 6.07) is 14.6. The van der Waals surface area contributed by atoms with Gasteiger partial charge in [0.15, 0.2) is 11.5 Å². The SMILES string of the molecule is Cc1ccccc1CCc1nc2cccc(C)n2n1. The van der Waals surface area contributed by atoms with Gasteiger partial charge < -0.3 is 0 Å². The minimum Gasteiger partial charge on any atom is -0.218 e. The van der Waals surface area contributed by atoms with Crippen molar-refractivity contribution in [2.75, 3.05) is 0 Å². The number of benzene rings is 1. The molecule has 3 rings (SSSR count). The molecule has 2 aromatic heterocycles. The van der Waals surface area contributed by atoms with Crippen LogP contribution in [0.2, 0.25) is 0 Å². The van der Waals surface area contributed by atoms with Crippen LogP contribution in [0.15, 0.2) is 42.5 Å². The van der Waals surface area contributed by atoms with E-state index in [1.165, 1.54) is 11.1 Å². The van der Waals surface area contributed by atoms with E-state index in [2.05, 4.69) is 41.3 Å². The molecule has 0 unspecified atom stereocenters. The van der Waals surface area contributed by atoms with E-state index in [0.717, 1.165) is 30.0 Å². The smallest absolute Gasteiger partial charge is 0.155 e. The van der Waals surface area contributed by atoms with Crippen LogP contribution < -0.4 is 0 Å². The highest BCUT2D eigenvalue weighted by molar-refractivity contribution is 5.38. The van der Waals surface area contributed by atoms with E-state index < -0.39 is 0 Å². The summed E-state index contributed by atoms with van der Waals surface area (Å²) in [7, 11) is 0. The average Bonchev–Trinajstić information content (AvgIpc) is 2.82. The van der Waals surface area contributed by atoms with Gasteiger partial charge in [-0.15, -0.1) is 0 Å². The Bertz CT molecular complexity index is 713. The highest BCUT2D eigenvalue weighted by Gasteiger charge is 2.06. The predicted octanol–water partition coefficient (Wildman–Crippen LogP) is 3.13. The molecule has 3 heteroatoms. The van der Waals surface area contributed by atoms with Crippen LogP contribution in [-0.2, 0) is 12.8 Å². The first-order valence-electron chi connectivity index (χ1n) is 6.60. The predicted molar refractivity (Wildman–Crippen MR) is 76.3 cm³/mol. The molecule has 19 heavy (non-hydrogen) atoms. The molecular formula is C16H17N3. The number of fused-ring (bicyclic) bond motifs is 1. The monoisotopic (exact) mass is 251 g/mol. The molecule has 0 aliphatic heterocycles. The summed E-state index contributed by atoms with van der Waals surface area (Å²) in [5, 5.41) is 4.56. The summed E-state index contributed by atoms with van der Waals surface area (Å²) in [6.45, 7) is 4.20. The largest absolute Gasteiger partial charge is 0.218 e. The summed E-state index contributed by atoms with van der Waals surface area (Å²) in [5.74, 6) is 0.914. The third-order valence-corrected chi connectivity index (χ3v) is 3.47. The zero-order valence-electron chi connectivity index (χ0n) is 11.3. The van der Waals surface area contributed by atoms with E-state index >= 15 is 0 Å². The third kappa shape index (κ3) is 2.36. The molecule has 0 atom stereocenters. The van der Waals surface area contributed by atoms with Crippen molar-refractivity contribution in [3.8, 4) is 0 Å². The second kappa shape index (κ2) is 4.84. The molecule has 0 aliphatic carbocycles. The second-order valence-electron chi connectivity index (χ2n) is 4.89. The lowest BCUT2D eigenvalue weighted by Gasteiger charge is -2.02. The van der Waals surface area contributed by atoms with Crippen molar-refractivity contribution >= 4 is 5.65 Å². The number of nitrogens with zero attached hydrogens (tertiary/aromatic N) is 3. The molecule has 96 valence electrons. The van der Waals surface area contributed by atoms with Gasteiger partial charge in [0.1, 0.15) is 0 Å². The van der Waals surface area contributed by atoms with E-state index in [0.29, 0.717) is 0 Å². The van der Waals surface area contributed by atoms with Gasteiger partial charge in [0.05, 0.1) is 0 Å². The summed E-state index contributed by atoms with van der Waals surface area (Å²) in [5.41, 5.74) is 4.76. The van der Waals surface area contributed by atoms with Crippen molar-refractivity contribution in [1.82, 2.24) is 14.6 Å². The Labute approximate surface area is 112 Å². The molecule has 1 aromatic carbocycles. The van der Waals surface area contributed by atoms with Gasteiger partial charge in [-0.2, -0.15) is 5.10 Å². The van der Waals surface area contributed by atoms with Crippen molar-refractivity contribution in [3.63, 3.8) is 0 Å². The lowest BCUT2D eigenvalue weighted by molar-refractivity contribution is 0.820. The highest BCUT2D eigenvalue weighted by Crippen LogP contribution is 2.11. The van der Waals surface area contributed by atoms with Crippen molar-refractivity contribution < 1.29 is 0 Å². The quantitative estimate of drug-likeness (QED) is 0.716. The van der Waals surface area contributed by atoms with Gasteiger partial charge in [-0.1, -0.05) is 30.3 Å². The average molecular weight is 251 g/mol. The van der Waals surface area contributed by atoms with Gasteiger partial charge in [0, 0.05) is 12.1 Å². The first-order valence-corrected chi connectivity index (χ1v) is 6.60. The van der Waals surface area contributed by atoms with Crippen LogP contribution in [0.1, 0.15) is 22.6 Å². The molecule has 0 saturated carbocycles. The van der Waals surface area contributed by atoms with Crippen molar-refractivity contribution in [3.05, 3.63) is 65.1 Å². The maximum atomic E-state index is 4.57. The zero-order valence-corrected chi connectivity index (χ0v) is 11.3. The topological polar surface area (TPSA) is 30.2 Å². The molecule has 0 spiro atoms. The normalized spacial score (nSPS) is 11.1. The van der Waals surface area contributed by atoms with E-state index in [9.17, 15) is 0 Å². The Hall–Kier alpha value is -2.16. The van der Waals surface area contributed by atoms with Gasteiger partial charge in [-0.3, -0.25) is 0 Å². The molecule has 0 aliphatic rings. The molecule has 0 saturated heterocycles. The van der Waals surface area contributed by atoms with Crippen molar-refractivity contribution in [2.24, 2.45) is 0 Å². The third-order valence-electron chi connectivity index (χ3n) is 3.47. The van der Waals surface area contributed by atoms with Crippen molar-refractivity contribution in [1.29, 1.82) is 0 Å². The van der Waals surface area contributed by atoms with Crippen LogP contribution >= 0.6 is 0 Å².